The minimum absolute atomic E-state index is 0.0157. The zero-order chi connectivity index (χ0) is 28.8. The number of hydrogen-bond acceptors (Lipinski definition) is 10. The molecule has 1 N–H and O–H groups in total. The second-order valence-corrected chi connectivity index (χ2v) is 13.2. The van der Waals surface area contributed by atoms with Crippen molar-refractivity contribution in [3.63, 3.8) is 0 Å². The summed E-state index contributed by atoms with van der Waals surface area (Å²) in [6.45, 7) is 7.51. The van der Waals surface area contributed by atoms with Gasteiger partial charge in [-0.05, 0) is 42.0 Å². The van der Waals surface area contributed by atoms with Crippen LogP contribution >= 0.6 is 0 Å². The van der Waals surface area contributed by atoms with Crippen molar-refractivity contribution >= 4 is 43.5 Å². The maximum absolute atomic E-state index is 11.8. The number of nitrogens with zero attached hydrogens (tertiary/aromatic N) is 6. The molecule has 12 heteroatoms. The van der Waals surface area contributed by atoms with E-state index in [1.54, 1.807) is 24.2 Å². The van der Waals surface area contributed by atoms with Gasteiger partial charge in [0.25, 0.3) is 5.70 Å². The molecule has 210 valence electrons. The maximum Gasteiger partial charge on any atom is 0.285 e. The van der Waals surface area contributed by atoms with Gasteiger partial charge in [-0.2, -0.15) is 0 Å². The van der Waals surface area contributed by atoms with E-state index in [2.05, 4.69) is 58.1 Å². The molecule has 0 unspecified atom stereocenters. The second kappa shape index (κ2) is 10.5. The first kappa shape index (κ1) is 27.5. The number of nitro groups is 1. The number of pyridine rings is 1. The number of hydrogen-bond donors (Lipinski definition) is 1. The number of benzene rings is 1. The van der Waals surface area contributed by atoms with E-state index in [-0.39, 0.29) is 29.3 Å². The monoisotopic (exact) mass is 563 g/mol. The van der Waals surface area contributed by atoms with Crippen LogP contribution in [0.15, 0.2) is 54.6 Å². The third-order valence-electron chi connectivity index (χ3n) is 7.47. The summed E-state index contributed by atoms with van der Waals surface area (Å²) in [7, 11) is -1.27. The number of anilines is 3. The molecule has 2 aliphatic heterocycles. The van der Waals surface area contributed by atoms with Crippen LogP contribution in [0.5, 0.6) is 0 Å². The molecule has 0 spiro atoms. The molecule has 0 amide bonds. The van der Waals surface area contributed by atoms with E-state index < -0.39 is 14.8 Å². The van der Waals surface area contributed by atoms with Crippen molar-refractivity contribution in [2.24, 2.45) is 5.92 Å². The number of sulfone groups is 1. The minimum Gasteiger partial charge on any atom is -0.370 e. The summed E-state index contributed by atoms with van der Waals surface area (Å²) in [5.74, 6) is 2.13. The van der Waals surface area contributed by atoms with Crippen LogP contribution in [0, 0.1) is 16.0 Å². The molecule has 0 bridgehead atoms. The lowest BCUT2D eigenvalue weighted by molar-refractivity contribution is -0.420. The summed E-state index contributed by atoms with van der Waals surface area (Å²) < 4.78 is 23.7. The molecule has 5 rings (SSSR count). The molecule has 0 aliphatic carbocycles. The quantitative estimate of drug-likeness (QED) is 0.314. The second-order valence-electron chi connectivity index (χ2n) is 11.0. The van der Waals surface area contributed by atoms with Crippen LogP contribution in [0.3, 0.4) is 0 Å². The number of rotatable bonds is 8. The van der Waals surface area contributed by atoms with Crippen LogP contribution in [0.4, 0.5) is 17.3 Å². The van der Waals surface area contributed by atoms with Gasteiger partial charge in [0.1, 0.15) is 21.5 Å². The molecule has 3 aromatic rings. The zero-order valence-corrected chi connectivity index (χ0v) is 24.0. The lowest BCUT2D eigenvalue weighted by atomic mass is 9.88. The largest absolute Gasteiger partial charge is 0.370 e. The molecule has 1 saturated heterocycles. The van der Waals surface area contributed by atoms with Crippen molar-refractivity contribution in [1.82, 2.24) is 19.9 Å². The van der Waals surface area contributed by atoms with Gasteiger partial charge in [-0.3, -0.25) is 10.1 Å². The molecule has 40 heavy (non-hydrogen) atoms. The third kappa shape index (κ3) is 5.62. The van der Waals surface area contributed by atoms with Crippen LogP contribution in [-0.2, 0) is 9.84 Å². The predicted octanol–water partition coefficient (Wildman–Crippen LogP) is 4.21. The number of nitrogens with one attached hydrogen (secondary N) is 1. The van der Waals surface area contributed by atoms with E-state index in [1.165, 1.54) is 24.1 Å². The molecule has 11 nitrogen and oxygen atoms in total. The highest BCUT2D eigenvalue weighted by Crippen LogP contribution is 2.39. The van der Waals surface area contributed by atoms with Crippen LogP contribution in [0.1, 0.15) is 38.1 Å². The van der Waals surface area contributed by atoms with Crippen LogP contribution in [0.25, 0.3) is 16.3 Å². The van der Waals surface area contributed by atoms with Crippen molar-refractivity contribution in [3.8, 4) is 0 Å². The maximum atomic E-state index is 11.8. The molecule has 0 radical (unpaired) electrons. The number of likely N-dealkylation sites (N-methyl/N-ethyl adjacent to an activating group) is 1. The summed E-state index contributed by atoms with van der Waals surface area (Å²) in [4.78, 5) is 28.5. The van der Waals surface area contributed by atoms with Crippen LogP contribution in [0.2, 0.25) is 0 Å². The van der Waals surface area contributed by atoms with Gasteiger partial charge in [-0.25, -0.2) is 23.4 Å². The highest BCUT2D eigenvalue weighted by Gasteiger charge is 2.38. The number of aromatic nitrogens is 3. The molecular weight excluding hydrogens is 530 g/mol. The van der Waals surface area contributed by atoms with Gasteiger partial charge in [0.15, 0.2) is 5.82 Å². The van der Waals surface area contributed by atoms with Crippen molar-refractivity contribution in [2.45, 2.75) is 32.7 Å². The summed E-state index contributed by atoms with van der Waals surface area (Å²) in [6.07, 6.45) is 7.75. The average molecular weight is 564 g/mol. The van der Waals surface area contributed by atoms with Gasteiger partial charge in [-0.15, -0.1) is 0 Å². The number of allylic oxidation sites excluding steroid dienone is 1. The Bertz CT molecular complexity index is 1650. The van der Waals surface area contributed by atoms with Gasteiger partial charge >= 0.3 is 0 Å². The smallest absolute Gasteiger partial charge is 0.285 e. The van der Waals surface area contributed by atoms with E-state index in [1.807, 2.05) is 12.3 Å². The molecular formula is C28H33N7O4S. The first-order chi connectivity index (χ1) is 18.9. The Morgan fingerprint density at radius 2 is 1.95 bits per heavy atom. The topological polar surface area (TPSA) is 134 Å². The first-order valence-electron chi connectivity index (χ1n) is 13.1. The standard InChI is InChI=1S/C28H33N7O4S/c1-17(2)22-6-7-25(34-14-20(18(34)3)16-40(5,38)39)24-12-30-27(11-23(22)24)31-26-8-9-29-28(32-26)19-10-21(35(36)37)15-33(4)13-19/h6-12,15,17-18,20H,13-14,16H2,1-5H3,(H,29,30,31,32)/t18-,20-/m1/s1. The fraction of sp³-hybridized carbons (Fsp3) is 0.393. The molecule has 1 aromatic carbocycles. The van der Waals surface area contributed by atoms with Crippen molar-refractivity contribution < 1.29 is 13.3 Å². The Kier molecular flexibility index (Phi) is 7.21. The highest BCUT2D eigenvalue weighted by atomic mass is 32.2. The van der Waals surface area contributed by atoms with Gasteiger partial charge in [-0.1, -0.05) is 19.9 Å². The molecule has 2 aliphatic rings. The van der Waals surface area contributed by atoms with Crippen LogP contribution in [-0.4, -0.2) is 71.4 Å². The Morgan fingerprint density at radius 3 is 2.62 bits per heavy atom. The molecule has 2 atom stereocenters. The average Bonchev–Trinajstić information content (AvgIpc) is 2.89. The molecule has 0 saturated carbocycles. The zero-order valence-electron chi connectivity index (χ0n) is 23.2. The lowest BCUT2D eigenvalue weighted by Gasteiger charge is -2.48. The van der Waals surface area contributed by atoms with Crippen molar-refractivity contribution in [1.29, 1.82) is 0 Å². The van der Waals surface area contributed by atoms with Gasteiger partial charge < -0.3 is 15.1 Å². The Hall–Kier alpha value is -4.06. The minimum atomic E-state index is -3.03. The van der Waals surface area contributed by atoms with Gasteiger partial charge in [0.2, 0.25) is 0 Å². The summed E-state index contributed by atoms with van der Waals surface area (Å²) in [6, 6.07) is 8.10. The van der Waals surface area contributed by atoms with E-state index in [0.717, 1.165) is 16.5 Å². The highest BCUT2D eigenvalue weighted by molar-refractivity contribution is 7.90. The van der Waals surface area contributed by atoms with Crippen molar-refractivity contribution in [3.05, 3.63) is 76.1 Å². The lowest BCUT2D eigenvalue weighted by Crippen LogP contribution is -2.57. The molecule has 2 aromatic heterocycles. The van der Waals surface area contributed by atoms with E-state index in [4.69, 9.17) is 0 Å². The Labute approximate surface area is 233 Å². The number of fused-ring (bicyclic) bond motifs is 1. The van der Waals surface area contributed by atoms with E-state index in [9.17, 15) is 18.5 Å². The third-order valence-corrected chi connectivity index (χ3v) is 8.50. The summed E-state index contributed by atoms with van der Waals surface area (Å²) >= 11 is 0. The van der Waals surface area contributed by atoms with Crippen LogP contribution < -0.4 is 10.2 Å². The Balaban J connectivity index is 1.44. The SMILES string of the molecule is CC(C)c1ccc(N2C[C@H](CS(C)(=O)=O)[C@H]2C)c2cnc(Nc3ccnc(C4=CC([N+](=O)[O-])=CN(C)C4)n3)cc12. The van der Waals surface area contributed by atoms with Gasteiger partial charge in [0.05, 0.1) is 16.9 Å². The molecule has 1 fully saturated rings. The predicted molar refractivity (Wildman–Crippen MR) is 157 cm³/mol. The first-order valence-corrected chi connectivity index (χ1v) is 15.2. The summed E-state index contributed by atoms with van der Waals surface area (Å²) in [5, 5.41) is 16.7. The normalized spacial score (nSPS) is 19.4. The Morgan fingerprint density at radius 1 is 1.18 bits per heavy atom. The summed E-state index contributed by atoms with van der Waals surface area (Å²) in [5.41, 5.74) is 2.86. The fourth-order valence-electron chi connectivity index (χ4n) is 5.41. The fourth-order valence-corrected chi connectivity index (χ4v) is 6.57. The van der Waals surface area contributed by atoms with Crippen molar-refractivity contribution in [2.75, 3.05) is 42.4 Å². The van der Waals surface area contributed by atoms with E-state index in [0.29, 0.717) is 36.1 Å². The van der Waals surface area contributed by atoms with Gasteiger partial charge in [0, 0.05) is 73.5 Å². The molecule has 4 heterocycles. The van der Waals surface area contributed by atoms with E-state index >= 15 is 0 Å².